The van der Waals surface area contributed by atoms with Gasteiger partial charge < -0.3 is 9.30 Å². The molecule has 6 nitrogen and oxygen atoms in total. The summed E-state index contributed by atoms with van der Waals surface area (Å²) in [5.41, 5.74) is 0.447. The summed E-state index contributed by atoms with van der Waals surface area (Å²) in [7, 11) is -3.69. The fourth-order valence-corrected chi connectivity index (χ4v) is 3.11. The molecule has 0 spiro atoms. The highest BCUT2D eigenvalue weighted by atomic mass is 35.5. The van der Waals surface area contributed by atoms with Crippen molar-refractivity contribution in [2.24, 2.45) is 5.14 Å². The van der Waals surface area contributed by atoms with E-state index in [2.05, 4.69) is 4.74 Å². The second kappa shape index (κ2) is 6.44. The van der Waals surface area contributed by atoms with Crippen LogP contribution in [-0.2, 0) is 16.6 Å². The van der Waals surface area contributed by atoms with E-state index in [1.54, 1.807) is 0 Å². The second-order valence-electron chi connectivity index (χ2n) is 4.10. The second-order valence-corrected chi connectivity index (χ2v) is 6.87. The van der Waals surface area contributed by atoms with Crippen LogP contribution >= 0.6 is 23.7 Å². The molecule has 124 valence electrons. The van der Waals surface area contributed by atoms with Gasteiger partial charge in [0.15, 0.2) is 4.80 Å². The van der Waals surface area contributed by atoms with Crippen LogP contribution in [0.5, 0.6) is 5.75 Å². The summed E-state index contributed by atoms with van der Waals surface area (Å²) in [5.74, 6) is -0.759. The van der Waals surface area contributed by atoms with Crippen molar-refractivity contribution in [2.75, 3.05) is 5.75 Å². The van der Waals surface area contributed by atoms with Crippen molar-refractivity contribution in [3.63, 3.8) is 0 Å². The van der Waals surface area contributed by atoms with E-state index in [1.807, 2.05) is 0 Å². The van der Waals surface area contributed by atoms with Gasteiger partial charge in [-0.2, -0.15) is 0 Å². The number of fused-ring (bicyclic) bond motifs is 1. The van der Waals surface area contributed by atoms with Crippen LogP contribution in [0.15, 0.2) is 18.2 Å². The predicted octanol–water partition coefficient (Wildman–Crippen LogP) is 1.79. The molecule has 0 aliphatic carbocycles. The number of halogens is 4. The first-order chi connectivity index (χ1) is 9.55. The topological polar surface area (TPSA) is 98.2 Å². The monoisotopic (exact) mass is 377 g/mol. The lowest BCUT2D eigenvalue weighted by Gasteiger charge is -2.09. The summed E-state index contributed by atoms with van der Waals surface area (Å²) in [5, 5.41) is 12.6. The lowest BCUT2D eigenvalue weighted by atomic mass is 10.3. The number of primary sulfonamides is 1. The maximum Gasteiger partial charge on any atom is 0.573 e. The molecule has 0 aliphatic heterocycles. The normalized spacial score (nSPS) is 12.2. The lowest BCUT2D eigenvalue weighted by molar-refractivity contribution is -0.274. The summed E-state index contributed by atoms with van der Waals surface area (Å²) in [4.78, 5) is 0.0119. The molecule has 0 radical (unpaired) electrons. The van der Waals surface area contributed by atoms with Crippen molar-refractivity contribution in [1.82, 2.24) is 4.57 Å². The first-order valence-electron chi connectivity index (χ1n) is 5.49. The van der Waals surface area contributed by atoms with Crippen LogP contribution in [0.25, 0.3) is 10.2 Å². The molecule has 0 atom stereocenters. The van der Waals surface area contributed by atoms with Crippen LogP contribution in [0.2, 0.25) is 0 Å². The highest BCUT2D eigenvalue weighted by Gasteiger charge is 2.31. The van der Waals surface area contributed by atoms with E-state index in [0.29, 0.717) is 10.2 Å². The van der Waals surface area contributed by atoms with Crippen LogP contribution in [0.1, 0.15) is 0 Å². The van der Waals surface area contributed by atoms with E-state index in [-0.39, 0.29) is 29.5 Å². The van der Waals surface area contributed by atoms with Gasteiger partial charge in [0.25, 0.3) is 0 Å². The molecule has 2 aromatic rings. The third kappa shape index (κ3) is 4.87. The number of hydrogen-bond donors (Lipinski definition) is 2. The van der Waals surface area contributed by atoms with Crippen LogP contribution in [0, 0.1) is 5.41 Å². The van der Waals surface area contributed by atoms with Gasteiger partial charge in [-0.3, -0.25) is 5.41 Å². The molecular formula is C10H11ClF3N3O3S2. The minimum absolute atomic E-state index is 0. The Morgan fingerprint density at radius 2 is 2.00 bits per heavy atom. The van der Waals surface area contributed by atoms with Gasteiger partial charge in [-0.15, -0.1) is 25.6 Å². The van der Waals surface area contributed by atoms with Crippen molar-refractivity contribution < 1.29 is 26.3 Å². The minimum atomic E-state index is -4.79. The van der Waals surface area contributed by atoms with Crippen molar-refractivity contribution >= 4 is 44.0 Å². The zero-order valence-corrected chi connectivity index (χ0v) is 13.2. The molecule has 2 rings (SSSR count). The van der Waals surface area contributed by atoms with Crippen LogP contribution in [-0.4, -0.2) is 25.1 Å². The number of sulfonamides is 1. The third-order valence-electron chi connectivity index (χ3n) is 2.51. The number of alkyl halides is 3. The van der Waals surface area contributed by atoms with Gasteiger partial charge in [-0.1, -0.05) is 11.3 Å². The van der Waals surface area contributed by atoms with E-state index in [1.165, 1.54) is 10.6 Å². The fourth-order valence-electron chi connectivity index (χ4n) is 1.71. The molecular weight excluding hydrogens is 367 g/mol. The number of nitrogens with one attached hydrogen (secondary N) is 1. The number of aryl methyl sites for hydroxylation is 1. The quantitative estimate of drug-likeness (QED) is 0.849. The van der Waals surface area contributed by atoms with Gasteiger partial charge in [-0.05, 0) is 18.2 Å². The van der Waals surface area contributed by atoms with Gasteiger partial charge >= 0.3 is 6.36 Å². The molecule has 0 aliphatic rings. The molecule has 0 amide bonds. The molecule has 0 saturated carbocycles. The smallest absolute Gasteiger partial charge is 0.406 e. The number of benzene rings is 1. The number of rotatable bonds is 4. The Morgan fingerprint density at radius 3 is 2.55 bits per heavy atom. The molecule has 3 N–H and O–H groups in total. The highest BCUT2D eigenvalue weighted by molar-refractivity contribution is 7.89. The third-order valence-corrected chi connectivity index (χ3v) is 4.22. The Morgan fingerprint density at radius 1 is 1.36 bits per heavy atom. The number of nitrogens with zero attached hydrogens (tertiary/aromatic N) is 1. The fraction of sp³-hybridized carbons (Fsp3) is 0.300. The summed E-state index contributed by atoms with van der Waals surface area (Å²) in [6.07, 6.45) is -4.79. The summed E-state index contributed by atoms with van der Waals surface area (Å²) in [6, 6.07) is 3.60. The molecule has 0 unspecified atom stereocenters. The number of thiazole rings is 1. The van der Waals surface area contributed by atoms with Gasteiger partial charge in [0.1, 0.15) is 5.75 Å². The maximum absolute atomic E-state index is 12.1. The molecule has 1 aromatic heterocycles. The zero-order chi connectivity index (χ0) is 15.8. The van der Waals surface area contributed by atoms with E-state index < -0.39 is 22.1 Å². The lowest BCUT2D eigenvalue weighted by Crippen LogP contribution is -2.24. The Hall–Kier alpha value is -1.30. The van der Waals surface area contributed by atoms with Crippen molar-refractivity contribution in [3.05, 3.63) is 23.0 Å². The molecule has 0 fully saturated rings. The number of hydrogen-bond acceptors (Lipinski definition) is 5. The summed E-state index contributed by atoms with van der Waals surface area (Å²) >= 11 is 0.916. The van der Waals surface area contributed by atoms with Crippen LogP contribution in [0.3, 0.4) is 0 Å². The Labute approximate surface area is 133 Å². The largest absolute Gasteiger partial charge is 0.573 e. The first kappa shape index (κ1) is 18.7. The van der Waals surface area contributed by atoms with Crippen LogP contribution in [0.4, 0.5) is 13.2 Å². The van der Waals surface area contributed by atoms with E-state index in [4.69, 9.17) is 10.5 Å². The van der Waals surface area contributed by atoms with E-state index in [9.17, 15) is 21.6 Å². The van der Waals surface area contributed by atoms with Crippen molar-refractivity contribution in [1.29, 1.82) is 5.41 Å². The van der Waals surface area contributed by atoms with Crippen LogP contribution < -0.4 is 14.7 Å². The molecule has 0 saturated heterocycles. The van der Waals surface area contributed by atoms with Gasteiger partial charge in [0, 0.05) is 6.54 Å². The average molecular weight is 378 g/mol. The van der Waals surface area contributed by atoms with E-state index in [0.717, 1.165) is 23.5 Å². The summed E-state index contributed by atoms with van der Waals surface area (Å²) in [6.45, 7) is -0.0445. The Bertz CT molecular complexity index is 829. The van der Waals surface area contributed by atoms with Crippen molar-refractivity contribution in [2.45, 2.75) is 12.9 Å². The first-order valence-corrected chi connectivity index (χ1v) is 8.02. The maximum atomic E-state index is 12.1. The average Bonchev–Trinajstić information content (AvgIpc) is 2.58. The molecule has 0 bridgehead atoms. The highest BCUT2D eigenvalue weighted by Crippen LogP contribution is 2.27. The molecule has 12 heteroatoms. The minimum Gasteiger partial charge on any atom is -0.406 e. The van der Waals surface area contributed by atoms with Gasteiger partial charge in [0.2, 0.25) is 10.0 Å². The predicted molar refractivity (Wildman–Crippen MR) is 77.6 cm³/mol. The molecule has 1 heterocycles. The Kier molecular flexibility index (Phi) is 5.49. The SMILES string of the molecule is Cl.N=c1sc2cc(OC(F)(F)F)ccc2n1CCS(N)(=O)=O. The summed E-state index contributed by atoms with van der Waals surface area (Å²) < 4.78 is 63.8. The zero-order valence-electron chi connectivity index (χ0n) is 10.8. The molecule has 22 heavy (non-hydrogen) atoms. The van der Waals surface area contributed by atoms with Crippen molar-refractivity contribution in [3.8, 4) is 5.75 Å². The number of nitrogens with two attached hydrogens (primary N) is 1. The van der Waals surface area contributed by atoms with E-state index >= 15 is 0 Å². The number of aromatic nitrogens is 1. The number of ether oxygens (including phenoxy) is 1. The standard InChI is InChI=1S/C10H10F3N3O3S2.ClH/c11-10(12,13)19-6-1-2-7-8(5-6)20-9(14)16(7)3-4-21(15,17)18;/h1-2,5,14H,3-4H2,(H2,15,17,18);1H. The van der Waals surface area contributed by atoms with Gasteiger partial charge in [0.05, 0.1) is 16.0 Å². The molecule has 1 aromatic carbocycles. The van der Waals surface area contributed by atoms with Gasteiger partial charge in [-0.25, -0.2) is 13.6 Å². The Balaban J connectivity index is 0.00000242.